The molecular weight excluding hydrogens is 316 g/mol. The van der Waals surface area contributed by atoms with Gasteiger partial charge in [-0.05, 0) is 38.1 Å². The van der Waals surface area contributed by atoms with Gasteiger partial charge in [-0.1, -0.05) is 0 Å². The van der Waals surface area contributed by atoms with E-state index in [9.17, 15) is 18.4 Å². The zero-order valence-corrected chi connectivity index (χ0v) is 13.6. The molecule has 0 aromatic heterocycles. The second kappa shape index (κ2) is 6.84. The molecular formula is C17H21F2N3O2. The highest BCUT2D eigenvalue weighted by atomic mass is 19.1. The summed E-state index contributed by atoms with van der Waals surface area (Å²) in [6, 6.07) is 3.11. The van der Waals surface area contributed by atoms with E-state index in [4.69, 9.17) is 0 Å². The van der Waals surface area contributed by atoms with Crippen molar-refractivity contribution in [1.29, 1.82) is 0 Å². The SMILES string of the molecule is CNCC1CCN(C(=O)C2CC(=O)N(c3ccc(F)cc3F)C2)C1. The molecule has 2 unspecified atom stereocenters. The zero-order chi connectivity index (χ0) is 17.3. The number of carbonyl (C=O) groups is 2. The van der Waals surface area contributed by atoms with Gasteiger partial charge in [0.25, 0.3) is 0 Å². The molecule has 130 valence electrons. The molecule has 0 saturated carbocycles. The molecule has 2 atom stereocenters. The number of nitrogens with zero attached hydrogens (tertiary/aromatic N) is 2. The third kappa shape index (κ3) is 3.26. The number of likely N-dealkylation sites (tertiary alicyclic amines) is 1. The number of anilines is 1. The summed E-state index contributed by atoms with van der Waals surface area (Å²) in [4.78, 5) is 27.9. The molecule has 2 aliphatic rings. The number of benzene rings is 1. The fraction of sp³-hybridized carbons (Fsp3) is 0.529. The summed E-state index contributed by atoms with van der Waals surface area (Å²) in [6.07, 6.45) is 1.02. The average Bonchev–Trinajstić information content (AvgIpc) is 3.14. The highest BCUT2D eigenvalue weighted by Crippen LogP contribution is 2.30. The second-order valence-electron chi connectivity index (χ2n) is 6.50. The molecule has 5 nitrogen and oxygen atoms in total. The quantitative estimate of drug-likeness (QED) is 0.903. The summed E-state index contributed by atoms with van der Waals surface area (Å²) in [5.74, 6) is -1.86. The van der Waals surface area contributed by atoms with Gasteiger partial charge in [-0.25, -0.2) is 8.78 Å². The monoisotopic (exact) mass is 337 g/mol. The lowest BCUT2D eigenvalue weighted by atomic mass is 10.1. The fourth-order valence-electron chi connectivity index (χ4n) is 3.55. The van der Waals surface area contributed by atoms with Crippen molar-refractivity contribution >= 4 is 17.5 Å². The summed E-state index contributed by atoms with van der Waals surface area (Å²) in [6.45, 7) is 2.39. The van der Waals surface area contributed by atoms with Gasteiger partial charge in [0.15, 0.2) is 0 Å². The summed E-state index contributed by atoms with van der Waals surface area (Å²) in [5, 5.41) is 3.11. The van der Waals surface area contributed by atoms with E-state index < -0.39 is 17.6 Å². The maximum absolute atomic E-state index is 13.9. The third-order valence-corrected chi connectivity index (χ3v) is 4.77. The van der Waals surface area contributed by atoms with Crippen LogP contribution in [0.5, 0.6) is 0 Å². The zero-order valence-electron chi connectivity index (χ0n) is 13.6. The second-order valence-corrected chi connectivity index (χ2v) is 6.50. The van der Waals surface area contributed by atoms with Crippen LogP contribution in [0.15, 0.2) is 18.2 Å². The molecule has 3 rings (SSSR count). The van der Waals surface area contributed by atoms with E-state index in [0.717, 1.165) is 25.1 Å². The Morgan fingerprint density at radius 3 is 2.83 bits per heavy atom. The van der Waals surface area contributed by atoms with Gasteiger partial charge in [-0.2, -0.15) is 0 Å². The molecule has 1 aromatic rings. The average molecular weight is 337 g/mol. The molecule has 1 aromatic carbocycles. The van der Waals surface area contributed by atoms with Crippen molar-refractivity contribution in [3.05, 3.63) is 29.8 Å². The molecule has 2 amide bonds. The Bertz CT molecular complexity index is 653. The molecule has 2 aliphatic heterocycles. The number of nitrogens with one attached hydrogen (secondary N) is 1. The number of halogens is 2. The molecule has 24 heavy (non-hydrogen) atoms. The van der Waals surface area contributed by atoms with E-state index in [1.807, 2.05) is 7.05 Å². The van der Waals surface area contributed by atoms with Gasteiger partial charge in [0.05, 0.1) is 11.6 Å². The molecule has 0 radical (unpaired) electrons. The Balaban J connectivity index is 1.67. The fourth-order valence-corrected chi connectivity index (χ4v) is 3.55. The predicted molar refractivity (Wildman–Crippen MR) is 85.4 cm³/mol. The summed E-state index contributed by atoms with van der Waals surface area (Å²) in [5.41, 5.74) is 0.0335. The minimum absolute atomic E-state index is 0.0335. The van der Waals surface area contributed by atoms with Gasteiger partial charge < -0.3 is 15.1 Å². The highest BCUT2D eigenvalue weighted by molar-refractivity contribution is 6.00. The molecule has 7 heteroatoms. The first-order valence-electron chi connectivity index (χ1n) is 8.18. The van der Waals surface area contributed by atoms with Gasteiger partial charge in [0, 0.05) is 32.1 Å². The van der Waals surface area contributed by atoms with Crippen LogP contribution in [0.4, 0.5) is 14.5 Å². The lowest BCUT2D eigenvalue weighted by molar-refractivity contribution is -0.134. The van der Waals surface area contributed by atoms with Crippen LogP contribution in [0.2, 0.25) is 0 Å². The summed E-state index contributed by atoms with van der Waals surface area (Å²) < 4.78 is 26.9. The first-order chi connectivity index (χ1) is 11.5. The van der Waals surface area contributed by atoms with E-state index >= 15 is 0 Å². The van der Waals surface area contributed by atoms with Crippen LogP contribution >= 0.6 is 0 Å². The van der Waals surface area contributed by atoms with Crippen molar-refractivity contribution in [3.63, 3.8) is 0 Å². The van der Waals surface area contributed by atoms with Crippen LogP contribution in [-0.4, -0.2) is 49.9 Å². The van der Waals surface area contributed by atoms with E-state index in [1.54, 1.807) is 4.90 Å². The van der Waals surface area contributed by atoms with Crippen LogP contribution in [-0.2, 0) is 9.59 Å². The Morgan fingerprint density at radius 2 is 2.12 bits per heavy atom. The Labute approximate surface area is 139 Å². The lowest BCUT2D eigenvalue weighted by Gasteiger charge is -2.21. The van der Waals surface area contributed by atoms with E-state index in [0.29, 0.717) is 19.0 Å². The minimum Gasteiger partial charge on any atom is -0.342 e. The number of carbonyl (C=O) groups excluding carboxylic acids is 2. The van der Waals surface area contributed by atoms with Crippen LogP contribution in [0.3, 0.4) is 0 Å². The normalized spacial score (nSPS) is 24.0. The maximum Gasteiger partial charge on any atom is 0.228 e. The third-order valence-electron chi connectivity index (χ3n) is 4.77. The first-order valence-corrected chi connectivity index (χ1v) is 8.18. The highest BCUT2D eigenvalue weighted by Gasteiger charge is 2.39. The molecule has 2 saturated heterocycles. The molecule has 2 fully saturated rings. The summed E-state index contributed by atoms with van der Waals surface area (Å²) >= 11 is 0. The molecule has 2 heterocycles. The van der Waals surface area contributed by atoms with Crippen molar-refractivity contribution in [2.24, 2.45) is 11.8 Å². The minimum atomic E-state index is -0.785. The van der Waals surface area contributed by atoms with Gasteiger partial charge in [-0.15, -0.1) is 0 Å². The number of amides is 2. The number of hydrogen-bond acceptors (Lipinski definition) is 3. The van der Waals surface area contributed by atoms with E-state index in [-0.39, 0.29) is 30.5 Å². The van der Waals surface area contributed by atoms with Crippen LogP contribution in [0, 0.1) is 23.5 Å². The summed E-state index contributed by atoms with van der Waals surface area (Å²) in [7, 11) is 1.88. The Morgan fingerprint density at radius 1 is 1.33 bits per heavy atom. The van der Waals surface area contributed by atoms with Crippen molar-refractivity contribution in [1.82, 2.24) is 10.2 Å². The largest absolute Gasteiger partial charge is 0.342 e. The van der Waals surface area contributed by atoms with Crippen molar-refractivity contribution in [2.75, 3.05) is 38.1 Å². The topological polar surface area (TPSA) is 52.7 Å². The van der Waals surface area contributed by atoms with Gasteiger partial charge in [-0.3, -0.25) is 9.59 Å². The molecule has 1 N–H and O–H groups in total. The Kier molecular flexibility index (Phi) is 4.80. The number of hydrogen-bond donors (Lipinski definition) is 1. The molecule has 0 bridgehead atoms. The van der Waals surface area contributed by atoms with E-state index in [1.165, 1.54) is 11.0 Å². The van der Waals surface area contributed by atoms with Crippen molar-refractivity contribution < 1.29 is 18.4 Å². The number of rotatable bonds is 4. The van der Waals surface area contributed by atoms with Crippen LogP contribution in [0.1, 0.15) is 12.8 Å². The standard InChI is InChI=1S/C17H21F2N3O2/c1-20-8-11-4-5-21(9-11)17(24)12-6-16(23)22(10-12)15-3-2-13(18)7-14(15)19/h2-3,7,11-12,20H,4-6,8-10H2,1H3. The Hall–Kier alpha value is -2.02. The molecule has 0 aliphatic carbocycles. The van der Waals surface area contributed by atoms with Crippen molar-refractivity contribution in [3.8, 4) is 0 Å². The lowest BCUT2D eigenvalue weighted by Crippen LogP contribution is -2.36. The smallest absolute Gasteiger partial charge is 0.228 e. The van der Waals surface area contributed by atoms with Crippen LogP contribution < -0.4 is 10.2 Å². The van der Waals surface area contributed by atoms with Gasteiger partial charge in [0.1, 0.15) is 11.6 Å². The molecule has 0 spiro atoms. The van der Waals surface area contributed by atoms with Gasteiger partial charge in [0.2, 0.25) is 11.8 Å². The van der Waals surface area contributed by atoms with E-state index in [2.05, 4.69) is 5.32 Å². The van der Waals surface area contributed by atoms with Crippen molar-refractivity contribution in [2.45, 2.75) is 12.8 Å². The van der Waals surface area contributed by atoms with Crippen LogP contribution in [0.25, 0.3) is 0 Å². The predicted octanol–water partition coefficient (Wildman–Crippen LogP) is 1.39. The first kappa shape index (κ1) is 16.8. The van der Waals surface area contributed by atoms with Gasteiger partial charge >= 0.3 is 0 Å². The maximum atomic E-state index is 13.9.